The minimum atomic E-state index is -0.624. The molecule has 4 N–H and O–H groups in total. The van der Waals surface area contributed by atoms with Crippen molar-refractivity contribution in [2.45, 2.75) is 6.92 Å². The molecule has 0 aromatic rings. The highest BCUT2D eigenvalue weighted by molar-refractivity contribution is 5.83. The number of carbonyl (C=O) groups is 1. The molecule has 0 amide bonds. The standard InChI is InChI=1S/C7H11N3O2/c1-2-3-4-5-6(11)12-10-7(8)9/h2-5H,1H3,(H4,8,9,10)/b3-2+,5-4+. The number of nitrogens with zero attached hydrogens (tertiary/aromatic N) is 1. The van der Waals surface area contributed by atoms with Gasteiger partial charge in [-0.15, -0.1) is 0 Å². The first-order valence-corrected chi connectivity index (χ1v) is 3.26. The number of guanidine groups is 1. The van der Waals surface area contributed by atoms with Crippen LogP contribution in [0.15, 0.2) is 29.5 Å². The van der Waals surface area contributed by atoms with E-state index in [9.17, 15) is 4.79 Å². The molecule has 0 aliphatic carbocycles. The Hall–Kier alpha value is -1.78. The van der Waals surface area contributed by atoms with E-state index in [1.807, 2.05) is 6.92 Å². The lowest BCUT2D eigenvalue weighted by Gasteiger charge is -1.89. The number of allylic oxidation sites excluding steroid dienone is 3. The summed E-state index contributed by atoms with van der Waals surface area (Å²) in [6.45, 7) is 1.83. The highest BCUT2D eigenvalue weighted by atomic mass is 16.7. The zero-order valence-corrected chi connectivity index (χ0v) is 6.73. The van der Waals surface area contributed by atoms with Crippen LogP contribution in [0, 0.1) is 0 Å². The number of rotatable bonds is 3. The van der Waals surface area contributed by atoms with Crippen molar-refractivity contribution in [1.29, 1.82) is 0 Å². The van der Waals surface area contributed by atoms with E-state index in [1.165, 1.54) is 12.2 Å². The van der Waals surface area contributed by atoms with Crippen molar-refractivity contribution in [3.8, 4) is 0 Å². The third-order valence-corrected chi connectivity index (χ3v) is 0.777. The Balaban J connectivity index is 3.82. The fraction of sp³-hybridized carbons (Fsp3) is 0.143. The van der Waals surface area contributed by atoms with E-state index in [1.54, 1.807) is 12.2 Å². The van der Waals surface area contributed by atoms with Gasteiger partial charge in [0.1, 0.15) is 0 Å². The molecule has 0 heterocycles. The molecule has 0 aliphatic rings. The van der Waals surface area contributed by atoms with E-state index in [0.717, 1.165) is 0 Å². The van der Waals surface area contributed by atoms with E-state index in [2.05, 4.69) is 9.99 Å². The Morgan fingerprint density at radius 1 is 1.42 bits per heavy atom. The second-order valence-electron chi connectivity index (χ2n) is 1.81. The van der Waals surface area contributed by atoms with Crippen molar-refractivity contribution in [3.63, 3.8) is 0 Å². The van der Waals surface area contributed by atoms with Crippen LogP contribution < -0.4 is 11.5 Å². The molecule has 5 nitrogen and oxygen atoms in total. The molecule has 12 heavy (non-hydrogen) atoms. The molecular formula is C7H11N3O2. The summed E-state index contributed by atoms with van der Waals surface area (Å²) in [5, 5.41) is 3.05. The summed E-state index contributed by atoms with van der Waals surface area (Å²) < 4.78 is 0. The zero-order chi connectivity index (χ0) is 9.40. The zero-order valence-electron chi connectivity index (χ0n) is 6.73. The van der Waals surface area contributed by atoms with Crippen LogP contribution in [-0.2, 0) is 9.63 Å². The molecule has 0 bridgehead atoms. The summed E-state index contributed by atoms with van der Waals surface area (Å²) in [7, 11) is 0. The van der Waals surface area contributed by atoms with Crippen molar-refractivity contribution >= 4 is 11.9 Å². The lowest BCUT2D eigenvalue weighted by atomic mass is 10.4. The molecule has 0 aromatic carbocycles. The molecule has 0 unspecified atom stereocenters. The molecule has 0 radical (unpaired) electrons. The number of oxime groups is 1. The molecule has 66 valence electrons. The maximum Gasteiger partial charge on any atom is 0.358 e. The SMILES string of the molecule is C/C=C/C=C/C(=O)ON=C(N)N. The summed E-state index contributed by atoms with van der Waals surface area (Å²) in [6, 6.07) is 0. The largest absolute Gasteiger partial charge is 0.367 e. The van der Waals surface area contributed by atoms with Gasteiger partial charge in [0.05, 0.1) is 0 Å². The smallest absolute Gasteiger partial charge is 0.358 e. The van der Waals surface area contributed by atoms with Gasteiger partial charge in [-0.3, -0.25) is 0 Å². The molecule has 0 saturated carbocycles. The van der Waals surface area contributed by atoms with Gasteiger partial charge in [-0.2, -0.15) is 0 Å². The first kappa shape index (κ1) is 10.2. The fourth-order valence-corrected chi connectivity index (χ4v) is 0.373. The molecule has 0 fully saturated rings. The van der Waals surface area contributed by atoms with Crippen LogP contribution in [0.25, 0.3) is 0 Å². The van der Waals surface area contributed by atoms with E-state index in [4.69, 9.17) is 11.5 Å². The summed E-state index contributed by atoms with van der Waals surface area (Å²) in [4.78, 5) is 14.9. The fourth-order valence-electron chi connectivity index (χ4n) is 0.373. The quantitative estimate of drug-likeness (QED) is 0.153. The van der Waals surface area contributed by atoms with E-state index in [0.29, 0.717) is 0 Å². The Morgan fingerprint density at radius 3 is 2.58 bits per heavy atom. The average molecular weight is 169 g/mol. The number of nitrogens with two attached hydrogens (primary N) is 2. The van der Waals surface area contributed by atoms with Gasteiger partial charge in [0.2, 0.25) is 5.96 Å². The van der Waals surface area contributed by atoms with Crippen molar-refractivity contribution < 1.29 is 9.63 Å². The third kappa shape index (κ3) is 6.34. The monoisotopic (exact) mass is 169 g/mol. The van der Waals surface area contributed by atoms with Gasteiger partial charge in [0.25, 0.3) is 0 Å². The Kier molecular flexibility index (Phi) is 5.08. The Morgan fingerprint density at radius 2 is 2.08 bits per heavy atom. The lowest BCUT2D eigenvalue weighted by Crippen LogP contribution is -2.23. The summed E-state index contributed by atoms with van der Waals surface area (Å²) >= 11 is 0. The average Bonchev–Trinajstić information content (AvgIpc) is 2.01. The van der Waals surface area contributed by atoms with Gasteiger partial charge in [-0.25, -0.2) is 4.79 Å². The summed E-state index contributed by atoms with van der Waals surface area (Å²) in [5.74, 6) is -0.913. The normalized spacial score (nSPS) is 10.4. The van der Waals surface area contributed by atoms with Crippen molar-refractivity contribution in [3.05, 3.63) is 24.3 Å². The van der Waals surface area contributed by atoms with Crippen LogP contribution in [0.5, 0.6) is 0 Å². The van der Waals surface area contributed by atoms with Crippen LogP contribution in [0.4, 0.5) is 0 Å². The second kappa shape index (κ2) is 5.96. The van der Waals surface area contributed by atoms with Crippen molar-refractivity contribution in [2.24, 2.45) is 16.6 Å². The number of carbonyl (C=O) groups excluding carboxylic acids is 1. The van der Waals surface area contributed by atoms with Gasteiger partial charge in [0.15, 0.2) is 0 Å². The van der Waals surface area contributed by atoms with Crippen molar-refractivity contribution in [2.75, 3.05) is 0 Å². The molecule has 0 atom stereocenters. The summed E-state index contributed by atoms with van der Waals surface area (Å²) in [5.41, 5.74) is 9.82. The van der Waals surface area contributed by atoms with Gasteiger partial charge >= 0.3 is 5.97 Å². The Bertz CT molecular complexity index is 227. The van der Waals surface area contributed by atoms with E-state index in [-0.39, 0.29) is 5.96 Å². The summed E-state index contributed by atoms with van der Waals surface area (Å²) in [6.07, 6.45) is 6.16. The minimum absolute atomic E-state index is 0.289. The molecule has 0 aliphatic heterocycles. The molecule has 5 heteroatoms. The van der Waals surface area contributed by atoms with Crippen LogP contribution in [0.2, 0.25) is 0 Å². The van der Waals surface area contributed by atoms with Gasteiger partial charge in [-0.1, -0.05) is 18.2 Å². The topological polar surface area (TPSA) is 90.7 Å². The van der Waals surface area contributed by atoms with E-state index >= 15 is 0 Å². The highest BCUT2D eigenvalue weighted by Gasteiger charge is 1.92. The third-order valence-electron chi connectivity index (χ3n) is 0.777. The predicted molar refractivity (Wildman–Crippen MR) is 45.9 cm³/mol. The van der Waals surface area contributed by atoms with E-state index < -0.39 is 5.97 Å². The highest BCUT2D eigenvalue weighted by Crippen LogP contribution is 1.83. The van der Waals surface area contributed by atoms with Crippen LogP contribution >= 0.6 is 0 Å². The van der Waals surface area contributed by atoms with Crippen LogP contribution in [0.3, 0.4) is 0 Å². The Labute approximate surface area is 70.4 Å². The molecule has 0 rings (SSSR count). The first-order chi connectivity index (χ1) is 5.66. The second-order valence-corrected chi connectivity index (χ2v) is 1.81. The molecule has 0 saturated heterocycles. The maximum absolute atomic E-state index is 10.7. The van der Waals surface area contributed by atoms with Crippen molar-refractivity contribution in [1.82, 2.24) is 0 Å². The van der Waals surface area contributed by atoms with Gasteiger partial charge in [0, 0.05) is 6.08 Å². The molecular weight excluding hydrogens is 158 g/mol. The maximum atomic E-state index is 10.7. The first-order valence-electron chi connectivity index (χ1n) is 3.26. The number of hydrogen-bond donors (Lipinski definition) is 2. The van der Waals surface area contributed by atoms with Crippen LogP contribution in [-0.4, -0.2) is 11.9 Å². The van der Waals surface area contributed by atoms with Gasteiger partial charge < -0.3 is 16.3 Å². The predicted octanol–water partition coefficient (Wildman–Crippen LogP) is -0.150. The van der Waals surface area contributed by atoms with Crippen LogP contribution in [0.1, 0.15) is 6.92 Å². The lowest BCUT2D eigenvalue weighted by molar-refractivity contribution is -0.137. The minimum Gasteiger partial charge on any atom is -0.367 e. The molecule has 0 spiro atoms. The number of hydrogen-bond acceptors (Lipinski definition) is 3. The molecule has 0 aromatic heterocycles. The van der Waals surface area contributed by atoms with Gasteiger partial charge in [-0.05, 0) is 12.1 Å².